The van der Waals surface area contributed by atoms with Gasteiger partial charge in [0.05, 0.1) is 4.92 Å². The largest absolute Gasteiger partial charge is 0.485 e. The minimum absolute atomic E-state index is 0.0531. The molecule has 0 bridgehead atoms. The van der Waals surface area contributed by atoms with Crippen LogP contribution in [0.15, 0.2) is 48.5 Å². The van der Waals surface area contributed by atoms with Crippen LogP contribution in [0.25, 0.3) is 0 Å². The van der Waals surface area contributed by atoms with E-state index in [1.807, 2.05) is 6.07 Å². The second kappa shape index (κ2) is 6.57. The molecular weight excluding hydrogens is 314 g/mol. The first kappa shape index (κ1) is 15.8. The summed E-state index contributed by atoms with van der Waals surface area (Å²) in [7, 11) is 0. The van der Waals surface area contributed by atoms with E-state index in [0.29, 0.717) is 17.1 Å². The number of non-ortho nitro benzene ring substituents is 1. The van der Waals surface area contributed by atoms with Crippen LogP contribution in [-0.2, 0) is 9.53 Å². The number of ether oxygens (including phenoxy) is 3. The lowest BCUT2D eigenvalue weighted by molar-refractivity contribution is -0.385. The third-order valence-electron chi connectivity index (χ3n) is 3.61. The third kappa shape index (κ3) is 3.29. The monoisotopic (exact) mass is 329 g/mol. The molecule has 3 rings (SSSR count). The van der Waals surface area contributed by atoms with Gasteiger partial charge < -0.3 is 14.2 Å². The van der Waals surface area contributed by atoms with E-state index in [2.05, 4.69) is 0 Å². The lowest BCUT2D eigenvalue weighted by Crippen LogP contribution is -2.38. The highest BCUT2D eigenvalue weighted by Crippen LogP contribution is 2.31. The first-order valence-electron chi connectivity index (χ1n) is 7.38. The predicted molar refractivity (Wildman–Crippen MR) is 84.0 cm³/mol. The van der Waals surface area contributed by atoms with Crippen LogP contribution in [0.3, 0.4) is 0 Å². The maximum atomic E-state index is 12.2. The Morgan fingerprint density at radius 2 is 2.00 bits per heavy atom. The van der Waals surface area contributed by atoms with E-state index < -0.39 is 23.1 Å². The molecule has 1 heterocycles. The van der Waals surface area contributed by atoms with Crippen molar-refractivity contribution in [2.45, 2.75) is 19.1 Å². The number of para-hydroxylation sites is 2. The SMILES string of the molecule is C[C@H](OC(=O)[C@H]1COc2ccccc2O1)c1cccc([N+](=O)[O-])c1. The van der Waals surface area contributed by atoms with E-state index in [1.54, 1.807) is 37.3 Å². The number of hydrogen-bond acceptors (Lipinski definition) is 6. The Bertz CT molecular complexity index is 775. The molecule has 2 aromatic rings. The zero-order valence-corrected chi connectivity index (χ0v) is 12.9. The maximum absolute atomic E-state index is 12.2. The van der Waals surface area contributed by atoms with Gasteiger partial charge in [0, 0.05) is 12.1 Å². The fourth-order valence-corrected chi connectivity index (χ4v) is 2.35. The Labute approximate surface area is 137 Å². The molecule has 0 saturated heterocycles. The van der Waals surface area contributed by atoms with Gasteiger partial charge in [0.1, 0.15) is 12.7 Å². The van der Waals surface area contributed by atoms with Crippen LogP contribution in [0, 0.1) is 10.1 Å². The Morgan fingerprint density at radius 3 is 2.75 bits per heavy atom. The van der Waals surface area contributed by atoms with Gasteiger partial charge in [-0.25, -0.2) is 4.79 Å². The highest BCUT2D eigenvalue weighted by molar-refractivity contribution is 5.76. The predicted octanol–water partition coefficient (Wildman–Crippen LogP) is 3.04. The molecule has 1 aliphatic rings. The summed E-state index contributed by atoms with van der Waals surface area (Å²) >= 11 is 0. The van der Waals surface area contributed by atoms with Gasteiger partial charge in [0.15, 0.2) is 11.5 Å². The van der Waals surface area contributed by atoms with Gasteiger partial charge in [0.25, 0.3) is 5.69 Å². The third-order valence-corrected chi connectivity index (χ3v) is 3.61. The molecular formula is C17H15NO6. The minimum atomic E-state index is -0.874. The number of benzene rings is 2. The molecule has 0 aliphatic carbocycles. The molecule has 7 heteroatoms. The van der Waals surface area contributed by atoms with Gasteiger partial charge in [-0.1, -0.05) is 24.3 Å². The lowest BCUT2D eigenvalue weighted by atomic mass is 10.1. The van der Waals surface area contributed by atoms with Crippen LogP contribution in [0.1, 0.15) is 18.6 Å². The topological polar surface area (TPSA) is 87.9 Å². The number of nitrogens with zero attached hydrogens (tertiary/aromatic N) is 1. The molecule has 7 nitrogen and oxygen atoms in total. The van der Waals surface area contributed by atoms with Crippen LogP contribution < -0.4 is 9.47 Å². The quantitative estimate of drug-likeness (QED) is 0.487. The molecule has 24 heavy (non-hydrogen) atoms. The van der Waals surface area contributed by atoms with Crippen molar-refractivity contribution >= 4 is 11.7 Å². The Morgan fingerprint density at radius 1 is 1.25 bits per heavy atom. The van der Waals surface area contributed by atoms with Crippen LogP contribution in [0.4, 0.5) is 5.69 Å². The molecule has 0 fully saturated rings. The van der Waals surface area contributed by atoms with Crippen LogP contribution >= 0.6 is 0 Å². The summed E-state index contributed by atoms with van der Waals surface area (Å²) in [4.78, 5) is 22.6. The van der Waals surface area contributed by atoms with Gasteiger partial charge in [0.2, 0.25) is 6.10 Å². The fourth-order valence-electron chi connectivity index (χ4n) is 2.35. The Hall–Kier alpha value is -3.09. The number of carbonyl (C=O) groups excluding carboxylic acids is 1. The van der Waals surface area contributed by atoms with Crippen molar-refractivity contribution in [2.75, 3.05) is 6.61 Å². The number of esters is 1. The summed E-state index contributed by atoms with van der Waals surface area (Å²) in [6, 6.07) is 13.0. The van der Waals surface area contributed by atoms with Crippen molar-refractivity contribution in [3.05, 3.63) is 64.2 Å². The van der Waals surface area contributed by atoms with E-state index in [0.717, 1.165) is 0 Å². The summed E-state index contributed by atoms with van der Waals surface area (Å²) in [5, 5.41) is 10.8. The zero-order valence-electron chi connectivity index (χ0n) is 12.9. The fraction of sp³-hybridized carbons (Fsp3) is 0.235. The van der Waals surface area contributed by atoms with Crippen LogP contribution in [-0.4, -0.2) is 23.6 Å². The Kier molecular flexibility index (Phi) is 4.33. The van der Waals surface area contributed by atoms with Gasteiger partial charge in [-0.05, 0) is 24.6 Å². The highest BCUT2D eigenvalue weighted by atomic mass is 16.6. The van der Waals surface area contributed by atoms with E-state index in [4.69, 9.17) is 14.2 Å². The van der Waals surface area contributed by atoms with E-state index in [9.17, 15) is 14.9 Å². The zero-order chi connectivity index (χ0) is 17.1. The van der Waals surface area contributed by atoms with Crippen molar-refractivity contribution in [2.24, 2.45) is 0 Å². The van der Waals surface area contributed by atoms with Gasteiger partial charge >= 0.3 is 5.97 Å². The molecule has 1 aliphatic heterocycles. The van der Waals surface area contributed by atoms with E-state index in [1.165, 1.54) is 12.1 Å². The average Bonchev–Trinajstić information content (AvgIpc) is 2.61. The molecule has 0 amide bonds. The number of fused-ring (bicyclic) bond motifs is 1. The summed E-state index contributed by atoms with van der Waals surface area (Å²) in [6.07, 6.45) is -1.51. The summed E-state index contributed by atoms with van der Waals surface area (Å²) in [5.41, 5.74) is 0.483. The van der Waals surface area contributed by atoms with Gasteiger partial charge in [-0.3, -0.25) is 10.1 Å². The van der Waals surface area contributed by atoms with E-state index in [-0.39, 0.29) is 12.3 Å². The summed E-state index contributed by atoms with van der Waals surface area (Å²) in [5.74, 6) is 0.477. The van der Waals surface area contributed by atoms with E-state index >= 15 is 0 Å². The first-order valence-corrected chi connectivity index (χ1v) is 7.38. The van der Waals surface area contributed by atoms with Crippen molar-refractivity contribution in [1.82, 2.24) is 0 Å². The second-order valence-corrected chi connectivity index (χ2v) is 5.30. The summed E-state index contributed by atoms with van der Waals surface area (Å²) in [6.45, 7) is 1.70. The van der Waals surface area contributed by atoms with Gasteiger partial charge in [-0.15, -0.1) is 0 Å². The minimum Gasteiger partial charge on any atom is -0.485 e. The smallest absolute Gasteiger partial charge is 0.351 e. The lowest BCUT2D eigenvalue weighted by Gasteiger charge is -2.26. The normalized spacial score (nSPS) is 17.0. The Balaban J connectivity index is 1.67. The van der Waals surface area contributed by atoms with Crippen LogP contribution in [0.2, 0.25) is 0 Å². The standard InChI is InChI=1S/C17H15NO6/c1-11(12-5-4-6-13(9-12)18(20)21)23-17(19)16-10-22-14-7-2-3-8-15(14)24-16/h2-9,11,16H,10H2,1H3/t11-,16+/m0/s1. The number of nitro benzene ring substituents is 1. The molecule has 0 N–H and O–H groups in total. The number of hydrogen-bond donors (Lipinski definition) is 0. The first-order chi connectivity index (χ1) is 11.5. The average molecular weight is 329 g/mol. The van der Waals surface area contributed by atoms with Crippen molar-refractivity contribution < 1.29 is 23.9 Å². The molecule has 0 spiro atoms. The highest BCUT2D eigenvalue weighted by Gasteiger charge is 2.30. The van der Waals surface area contributed by atoms with Crippen LogP contribution in [0.5, 0.6) is 11.5 Å². The molecule has 124 valence electrons. The maximum Gasteiger partial charge on any atom is 0.351 e. The molecule has 0 saturated carbocycles. The molecule has 2 aromatic carbocycles. The molecule has 0 radical (unpaired) electrons. The van der Waals surface area contributed by atoms with Crippen molar-refractivity contribution in [1.29, 1.82) is 0 Å². The number of rotatable bonds is 4. The van der Waals surface area contributed by atoms with Gasteiger partial charge in [-0.2, -0.15) is 0 Å². The van der Waals surface area contributed by atoms with Crippen molar-refractivity contribution in [3.8, 4) is 11.5 Å². The summed E-state index contributed by atoms with van der Waals surface area (Å²) < 4.78 is 16.4. The molecule has 2 atom stereocenters. The molecule has 0 aromatic heterocycles. The van der Waals surface area contributed by atoms with Crippen molar-refractivity contribution in [3.63, 3.8) is 0 Å². The molecule has 0 unspecified atom stereocenters. The second-order valence-electron chi connectivity index (χ2n) is 5.30. The number of nitro groups is 1. The number of carbonyl (C=O) groups is 1.